The molecule has 0 bridgehead atoms. The van der Waals surface area contributed by atoms with Gasteiger partial charge in [0.2, 0.25) is 0 Å². The highest BCUT2D eigenvalue weighted by molar-refractivity contribution is 7.37. The van der Waals surface area contributed by atoms with Crippen LogP contribution in [0.2, 0.25) is 0 Å². The van der Waals surface area contributed by atoms with Crippen LogP contribution >= 0.6 is 8.60 Å². The van der Waals surface area contributed by atoms with Gasteiger partial charge in [-0.15, -0.1) is 0 Å². The number of nitrogens with zero attached hydrogens (tertiary/aromatic N) is 1. The Morgan fingerprint density at radius 2 is 1.62 bits per heavy atom. The van der Waals surface area contributed by atoms with Gasteiger partial charge >= 0.3 is 0 Å². The van der Waals surface area contributed by atoms with E-state index in [1.165, 1.54) is 0 Å². The number of quaternary nitrogens is 1. The maximum absolute atomic E-state index is 10.1. The summed E-state index contributed by atoms with van der Waals surface area (Å²) >= 11 is 0. The van der Waals surface area contributed by atoms with Gasteiger partial charge in [0.25, 0.3) is 0 Å². The summed E-state index contributed by atoms with van der Waals surface area (Å²) in [5, 5.41) is 0. The third kappa shape index (κ3) is 13.5. The Kier molecular flexibility index (Phi) is 7.47. The zero-order chi connectivity index (χ0) is 12.6. The Bertz CT molecular complexity index is 266. The first-order valence-corrected chi connectivity index (χ1v) is 6.04. The molecule has 92 valence electrons. The van der Waals surface area contributed by atoms with Gasteiger partial charge in [-0.25, -0.2) is 0 Å². The summed E-state index contributed by atoms with van der Waals surface area (Å²) in [7, 11) is 6.03. The number of benzene rings is 1. The molecule has 0 saturated carbocycles. The van der Waals surface area contributed by atoms with Crippen LogP contribution in [0.4, 0.5) is 0 Å². The lowest BCUT2D eigenvalue weighted by Gasteiger charge is -2.14. The molecule has 1 atom stereocenters. The monoisotopic (exact) mass is 245 g/mol. The molecule has 0 aliphatic rings. The fraction of sp³-hybridized carbons (Fsp3) is 0.455. The van der Waals surface area contributed by atoms with Crippen LogP contribution in [0, 0.1) is 0 Å². The molecule has 0 aliphatic heterocycles. The van der Waals surface area contributed by atoms with Crippen LogP contribution in [0.15, 0.2) is 30.3 Å². The van der Waals surface area contributed by atoms with E-state index >= 15 is 0 Å². The minimum Gasteiger partial charge on any atom is -0.786 e. The van der Waals surface area contributed by atoms with Gasteiger partial charge in [0, 0.05) is 0 Å². The van der Waals surface area contributed by atoms with E-state index in [-0.39, 0.29) is 6.61 Å². The van der Waals surface area contributed by atoms with Crippen molar-refractivity contribution < 1.29 is 18.8 Å². The van der Waals surface area contributed by atoms with Crippen LogP contribution < -0.4 is 4.89 Å². The second-order valence-corrected chi connectivity index (χ2v) is 5.41. The molecular formula is C11H20NO3P. The molecule has 0 amide bonds. The van der Waals surface area contributed by atoms with E-state index in [1.807, 2.05) is 30.3 Å². The Labute approximate surface area is 98.7 Å². The van der Waals surface area contributed by atoms with Crippen LogP contribution in [0.3, 0.4) is 0 Å². The lowest BCUT2D eigenvalue weighted by molar-refractivity contribution is -0.849. The molecule has 0 radical (unpaired) electrons. The summed E-state index contributed by atoms with van der Waals surface area (Å²) in [5.74, 6) is 0. The number of hydrogen-bond acceptors (Lipinski definition) is 3. The quantitative estimate of drug-likeness (QED) is 0.641. The second kappa shape index (κ2) is 7.71. The van der Waals surface area contributed by atoms with Crippen molar-refractivity contribution in [2.24, 2.45) is 0 Å². The minimum atomic E-state index is -2.47. The topological polar surface area (TPSA) is 52.5 Å². The molecule has 0 spiro atoms. The maximum Gasteiger partial charge on any atom is 0.0797 e. The van der Waals surface area contributed by atoms with Crippen LogP contribution in [-0.2, 0) is 11.1 Å². The highest BCUT2D eigenvalue weighted by atomic mass is 31.2. The van der Waals surface area contributed by atoms with Crippen molar-refractivity contribution in [3.05, 3.63) is 35.9 Å². The van der Waals surface area contributed by atoms with Crippen molar-refractivity contribution in [2.45, 2.75) is 6.61 Å². The second-order valence-electron chi connectivity index (χ2n) is 4.68. The Hall–Kier alpha value is -0.510. The van der Waals surface area contributed by atoms with Crippen molar-refractivity contribution in [3.63, 3.8) is 0 Å². The molecule has 1 rings (SSSR count). The van der Waals surface area contributed by atoms with Crippen molar-refractivity contribution in [2.75, 3.05) is 28.2 Å². The maximum atomic E-state index is 10.1. The van der Waals surface area contributed by atoms with Gasteiger partial charge < -0.3 is 18.8 Å². The highest BCUT2D eigenvalue weighted by Crippen LogP contribution is 2.20. The first-order chi connectivity index (χ1) is 7.29. The first kappa shape index (κ1) is 15.5. The molecule has 0 aliphatic carbocycles. The number of hydrogen-bond donors (Lipinski definition) is 1. The molecular weight excluding hydrogens is 225 g/mol. The predicted molar refractivity (Wildman–Crippen MR) is 64.3 cm³/mol. The van der Waals surface area contributed by atoms with E-state index in [4.69, 9.17) is 4.89 Å². The SMILES string of the molecule is C[N+](C)(C)C.[O-]P(O)OCc1ccccc1. The van der Waals surface area contributed by atoms with Gasteiger partial charge in [-0.3, -0.25) is 0 Å². The molecule has 0 fully saturated rings. The van der Waals surface area contributed by atoms with Crippen molar-refractivity contribution in [1.29, 1.82) is 0 Å². The van der Waals surface area contributed by atoms with E-state index in [1.54, 1.807) is 0 Å². The molecule has 4 nitrogen and oxygen atoms in total. The molecule has 1 aromatic rings. The fourth-order valence-corrected chi connectivity index (χ4v) is 0.964. The average Bonchev–Trinajstić information content (AvgIpc) is 2.14. The summed E-state index contributed by atoms with van der Waals surface area (Å²) < 4.78 is 5.49. The van der Waals surface area contributed by atoms with E-state index in [0.717, 1.165) is 10.0 Å². The standard InChI is InChI=1S/C7H8O3P.C4H12N/c8-11(9)10-6-7-4-2-1-3-5-7;1-5(2,3)4/h1-5,8H,6H2;1-4H3/q-1;+1. The van der Waals surface area contributed by atoms with Crippen LogP contribution in [0.1, 0.15) is 5.56 Å². The molecule has 16 heavy (non-hydrogen) atoms. The summed E-state index contributed by atoms with van der Waals surface area (Å²) in [6.45, 7) is 0.187. The summed E-state index contributed by atoms with van der Waals surface area (Å²) in [5.41, 5.74) is 0.893. The van der Waals surface area contributed by atoms with Gasteiger partial charge in [-0.05, 0) is 5.56 Å². The van der Waals surface area contributed by atoms with Crippen LogP contribution in [0.5, 0.6) is 0 Å². The third-order valence-corrected chi connectivity index (χ3v) is 1.53. The van der Waals surface area contributed by atoms with Gasteiger partial charge in [-0.1, -0.05) is 30.3 Å². The summed E-state index contributed by atoms with van der Waals surface area (Å²) in [4.78, 5) is 18.4. The van der Waals surface area contributed by atoms with Gasteiger partial charge in [-0.2, -0.15) is 0 Å². The molecule has 0 saturated heterocycles. The lowest BCUT2D eigenvalue weighted by Crippen LogP contribution is -2.27. The van der Waals surface area contributed by atoms with Gasteiger partial charge in [0.1, 0.15) is 0 Å². The largest absolute Gasteiger partial charge is 0.786 e. The Balaban J connectivity index is 0.000000385. The van der Waals surface area contributed by atoms with Crippen LogP contribution in [-0.4, -0.2) is 37.6 Å². The van der Waals surface area contributed by atoms with Crippen LogP contribution in [0.25, 0.3) is 0 Å². The Morgan fingerprint density at radius 1 is 1.19 bits per heavy atom. The van der Waals surface area contributed by atoms with E-state index in [9.17, 15) is 4.89 Å². The third-order valence-electron chi connectivity index (χ3n) is 1.18. The van der Waals surface area contributed by atoms with Gasteiger partial charge in [0.05, 0.1) is 43.4 Å². The predicted octanol–water partition coefficient (Wildman–Crippen LogP) is 1.11. The normalized spacial score (nSPS) is 12.6. The zero-order valence-corrected chi connectivity index (χ0v) is 11.1. The molecule has 0 heterocycles. The number of rotatable bonds is 3. The van der Waals surface area contributed by atoms with Crippen molar-refractivity contribution >= 4 is 8.60 Å². The minimum absolute atomic E-state index is 0.187. The smallest absolute Gasteiger partial charge is 0.0797 e. The summed E-state index contributed by atoms with van der Waals surface area (Å²) in [6.07, 6.45) is 0. The average molecular weight is 245 g/mol. The van der Waals surface area contributed by atoms with E-state index in [0.29, 0.717) is 0 Å². The Morgan fingerprint density at radius 3 is 2.00 bits per heavy atom. The van der Waals surface area contributed by atoms with Gasteiger partial charge in [0.15, 0.2) is 0 Å². The molecule has 1 aromatic carbocycles. The van der Waals surface area contributed by atoms with Crippen molar-refractivity contribution in [3.8, 4) is 0 Å². The summed E-state index contributed by atoms with van der Waals surface area (Å²) in [6, 6.07) is 9.24. The zero-order valence-electron chi connectivity index (χ0n) is 10.3. The fourth-order valence-electron chi connectivity index (χ4n) is 0.704. The van der Waals surface area contributed by atoms with E-state index in [2.05, 4.69) is 32.7 Å². The molecule has 1 N–H and O–H groups in total. The first-order valence-electron chi connectivity index (χ1n) is 4.91. The van der Waals surface area contributed by atoms with E-state index < -0.39 is 8.60 Å². The lowest BCUT2D eigenvalue weighted by atomic mass is 10.2. The molecule has 1 unspecified atom stereocenters. The van der Waals surface area contributed by atoms with Crippen molar-refractivity contribution in [1.82, 2.24) is 0 Å². The molecule has 0 aromatic heterocycles. The highest BCUT2D eigenvalue weighted by Gasteiger charge is 1.90. The molecule has 5 heteroatoms.